The Morgan fingerprint density at radius 3 is 2.54 bits per heavy atom. The summed E-state index contributed by atoms with van der Waals surface area (Å²) < 4.78 is 1.45. The van der Waals surface area contributed by atoms with Gasteiger partial charge in [-0.1, -0.05) is 29.0 Å². The maximum Gasteiger partial charge on any atom is 0.309 e. The maximum atomic E-state index is 11.5. The van der Waals surface area contributed by atoms with Crippen molar-refractivity contribution in [2.75, 3.05) is 37.6 Å². The lowest BCUT2D eigenvalue weighted by Crippen LogP contribution is -2.46. The molecule has 1 aliphatic heterocycles. The lowest BCUT2D eigenvalue weighted by atomic mass is 10.2. The number of anilines is 1. The van der Waals surface area contributed by atoms with E-state index < -0.39 is 0 Å². The van der Waals surface area contributed by atoms with E-state index in [9.17, 15) is 9.90 Å². The third-order valence-electron chi connectivity index (χ3n) is 4.41. The number of nitrogens with zero attached hydrogens (tertiary/aromatic N) is 3. The summed E-state index contributed by atoms with van der Waals surface area (Å²) in [4.78, 5) is 16.3. The molecule has 0 radical (unpaired) electrons. The molecular formula is C17H22ClN3O2S. The predicted octanol–water partition coefficient (Wildman–Crippen LogP) is 2.87. The van der Waals surface area contributed by atoms with Crippen LogP contribution in [0.2, 0.25) is 5.02 Å². The van der Waals surface area contributed by atoms with E-state index in [2.05, 4.69) is 15.9 Å². The van der Waals surface area contributed by atoms with Crippen molar-refractivity contribution < 1.29 is 5.11 Å². The van der Waals surface area contributed by atoms with Gasteiger partial charge < -0.3 is 10.0 Å². The van der Waals surface area contributed by atoms with Crippen LogP contribution < -0.4 is 9.77 Å². The maximum absolute atomic E-state index is 11.5. The van der Waals surface area contributed by atoms with E-state index in [0.29, 0.717) is 6.54 Å². The molecule has 3 rings (SSSR count). The summed E-state index contributed by atoms with van der Waals surface area (Å²) >= 11 is 7.11. The molecule has 0 saturated carbocycles. The van der Waals surface area contributed by atoms with Crippen molar-refractivity contribution in [2.45, 2.75) is 19.4 Å². The highest BCUT2D eigenvalue weighted by atomic mass is 35.5. The van der Waals surface area contributed by atoms with E-state index in [1.54, 1.807) is 0 Å². The average molecular weight is 368 g/mol. The standard InChI is InChI=1S/C17H22ClN3O2S/c18-14-4-3-5-15(12-14)20-10-8-19(9-11-20)6-1-2-7-21-16(22)13-24-17(21)23/h3-5,12-13,22H,1-2,6-11H2. The van der Waals surface area contributed by atoms with E-state index in [1.807, 2.05) is 18.2 Å². The Morgan fingerprint density at radius 1 is 1.12 bits per heavy atom. The molecule has 2 heterocycles. The lowest BCUT2D eigenvalue weighted by Gasteiger charge is -2.36. The minimum atomic E-state index is -0.0809. The van der Waals surface area contributed by atoms with Gasteiger partial charge in [0.25, 0.3) is 0 Å². The smallest absolute Gasteiger partial charge is 0.309 e. The Bertz CT molecular complexity index is 723. The van der Waals surface area contributed by atoms with Crippen LogP contribution in [0, 0.1) is 0 Å². The van der Waals surface area contributed by atoms with E-state index in [0.717, 1.165) is 61.9 Å². The normalized spacial score (nSPS) is 15.8. The van der Waals surface area contributed by atoms with Gasteiger partial charge in [-0.05, 0) is 37.6 Å². The molecule has 7 heteroatoms. The molecule has 0 amide bonds. The fourth-order valence-corrected chi connectivity index (χ4v) is 3.87. The van der Waals surface area contributed by atoms with Gasteiger partial charge in [-0.3, -0.25) is 14.3 Å². The van der Waals surface area contributed by atoms with Crippen LogP contribution in [-0.4, -0.2) is 47.3 Å². The summed E-state index contributed by atoms with van der Waals surface area (Å²) in [7, 11) is 0. The van der Waals surface area contributed by atoms with E-state index in [4.69, 9.17) is 11.6 Å². The van der Waals surface area contributed by atoms with Crippen LogP contribution in [0.4, 0.5) is 5.69 Å². The number of aromatic nitrogens is 1. The SMILES string of the molecule is O=c1scc(O)n1CCCCN1CCN(c2cccc(Cl)c2)CC1. The van der Waals surface area contributed by atoms with Gasteiger partial charge in [0, 0.05) is 43.4 Å². The fraction of sp³-hybridized carbons (Fsp3) is 0.471. The molecule has 1 saturated heterocycles. The van der Waals surface area contributed by atoms with Crippen molar-refractivity contribution in [1.82, 2.24) is 9.47 Å². The zero-order chi connectivity index (χ0) is 16.9. The van der Waals surface area contributed by atoms with Crippen LogP contribution in [0.3, 0.4) is 0 Å². The summed E-state index contributed by atoms with van der Waals surface area (Å²) in [5.41, 5.74) is 1.19. The van der Waals surface area contributed by atoms with Crippen molar-refractivity contribution in [3.8, 4) is 5.88 Å². The molecular weight excluding hydrogens is 346 g/mol. The van der Waals surface area contributed by atoms with Crippen LogP contribution >= 0.6 is 22.9 Å². The Morgan fingerprint density at radius 2 is 1.88 bits per heavy atom. The van der Waals surface area contributed by atoms with Gasteiger partial charge in [0.1, 0.15) is 0 Å². The zero-order valence-electron chi connectivity index (χ0n) is 13.5. The molecule has 1 aromatic heterocycles. The summed E-state index contributed by atoms with van der Waals surface area (Å²) in [5.74, 6) is 0.0835. The molecule has 130 valence electrons. The highest BCUT2D eigenvalue weighted by Gasteiger charge is 2.17. The van der Waals surface area contributed by atoms with Crippen LogP contribution in [0.15, 0.2) is 34.4 Å². The molecule has 2 aromatic rings. The molecule has 1 aromatic carbocycles. The summed E-state index contributed by atoms with van der Waals surface area (Å²) in [6.07, 6.45) is 1.93. The molecule has 1 aliphatic rings. The van der Waals surface area contributed by atoms with Gasteiger partial charge in [0.15, 0.2) is 0 Å². The lowest BCUT2D eigenvalue weighted by molar-refractivity contribution is 0.250. The quantitative estimate of drug-likeness (QED) is 0.797. The van der Waals surface area contributed by atoms with Gasteiger partial charge in [0.05, 0.1) is 5.38 Å². The van der Waals surface area contributed by atoms with E-state index in [-0.39, 0.29) is 10.8 Å². The number of thiazole rings is 1. The first-order valence-electron chi connectivity index (χ1n) is 8.23. The van der Waals surface area contributed by atoms with Crippen LogP contribution in [-0.2, 0) is 6.54 Å². The Balaban J connectivity index is 1.39. The average Bonchev–Trinajstić information content (AvgIpc) is 2.91. The molecule has 1 N–H and O–H groups in total. The largest absolute Gasteiger partial charge is 0.494 e. The zero-order valence-corrected chi connectivity index (χ0v) is 15.1. The van der Waals surface area contributed by atoms with E-state index >= 15 is 0 Å². The van der Waals surface area contributed by atoms with Gasteiger partial charge in [0.2, 0.25) is 5.88 Å². The molecule has 0 bridgehead atoms. The Labute approximate surface area is 150 Å². The van der Waals surface area contributed by atoms with Crippen molar-refractivity contribution in [3.05, 3.63) is 44.3 Å². The molecule has 0 atom stereocenters. The minimum absolute atomic E-state index is 0.0809. The van der Waals surface area contributed by atoms with Crippen LogP contribution in [0.5, 0.6) is 5.88 Å². The van der Waals surface area contributed by atoms with E-state index in [1.165, 1.54) is 15.6 Å². The van der Waals surface area contributed by atoms with Crippen LogP contribution in [0.1, 0.15) is 12.8 Å². The summed E-state index contributed by atoms with van der Waals surface area (Å²) in [5, 5.41) is 11.9. The number of hydrogen-bond donors (Lipinski definition) is 1. The number of aromatic hydroxyl groups is 1. The van der Waals surface area contributed by atoms with Crippen molar-refractivity contribution in [1.29, 1.82) is 0 Å². The molecule has 0 unspecified atom stereocenters. The van der Waals surface area contributed by atoms with Gasteiger partial charge in [-0.15, -0.1) is 0 Å². The number of halogens is 1. The number of rotatable bonds is 6. The Kier molecular flexibility index (Phi) is 5.81. The molecule has 5 nitrogen and oxygen atoms in total. The molecule has 0 spiro atoms. The molecule has 0 aliphatic carbocycles. The second-order valence-electron chi connectivity index (χ2n) is 6.03. The van der Waals surface area contributed by atoms with Crippen molar-refractivity contribution in [2.24, 2.45) is 0 Å². The van der Waals surface area contributed by atoms with Gasteiger partial charge >= 0.3 is 4.87 Å². The monoisotopic (exact) mass is 367 g/mol. The van der Waals surface area contributed by atoms with Gasteiger partial charge in [-0.2, -0.15) is 0 Å². The topological polar surface area (TPSA) is 48.7 Å². The Hall–Kier alpha value is -1.50. The first-order chi connectivity index (χ1) is 11.6. The number of benzene rings is 1. The first-order valence-corrected chi connectivity index (χ1v) is 9.49. The van der Waals surface area contributed by atoms with Gasteiger partial charge in [-0.25, -0.2) is 0 Å². The number of piperazine rings is 1. The van der Waals surface area contributed by atoms with Crippen molar-refractivity contribution in [3.63, 3.8) is 0 Å². The summed E-state index contributed by atoms with van der Waals surface area (Å²) in [6.45, 7) is 5.71. The van der Waals surface area contributed by atoms with Crippen LogP contribution in [0.25, 0.3) is 0 Å². The second kappa shape index (κ2) is 8.05. The summed E-state index contributed by atoms with van der Waals surface area (Å²) in [6, 6.07) is 8.01. The molecule has 24 heavy (non-hydrogen) atoms. The first kappa shape index (κ1) is 17.3. The minimum Gasteiger partial charge on any atom is -0.494 e. The highest BCUT2D eigenvalue weighted by Crippen LogP contribution is 2.21. The predicted molar refractivity (Wildman–Crippen MR) is 99.6 cm³/mol. The second-order valence-corrected chi connectivity index (χ2v) is 7.28. The third-order valence-corrected chi connectivity index (χ3v) is 5.40. The highest BCUT2D eigenvalue weighted by molar-refractivity contribution is 7.07. The number of hydrogen-bond acceptors (Lipinski definition) is 5. The van der Waals surface area contributed by atoms with Crippen molar-refractivity contribution >= 4 is 28.6 Å². The molecule has 1 fully saturated rings. The number of unbranched alkanes of at least 4 members (excludes halogenated alkanes) is 1. The third kappa shape index (κ3) is 4.32. The fourth-order valence-electron chi connectivity index (χ4n) is 3.04.